The van der Waals surface area contributed by atoms with E-state index in [0.717, 1.165) is 23.3 Å². The van der Waals surface area contributed by atoms with Gasteiger partial charge in [0, 0.05) is 6.04 Å². The first kappa shape index (κ1) is 16.2. The van der Waals surface area contributed by atoms with Gasteiger partial charge in [-0.2, -0.15) is 0 Å². The van der Waals surface area contributed by atoms with Crippen molar-refractivity contribution in [3.8, 4) is 5.75 Å². The zero-order valence-corrected chi connectivity index (χ0v) is 14.5. The van der Waals surface area contributed by atoms with Gasteiger partial charge in [0.1, 0.15) is 5.75 Å². The predicted octanol–water partition coefficient (Wildman–Crippen LogP) is 5.23. The van der Waals surface area contributed by atoms with Gasteiger partial charge in [-0.05, 0) is 54.2 Å². The SMILES string of the molecule is COc1ccc(C(C)(C)C)cc1NC1CCC(C)CC1C. The molecule has 0 radical (unpaired) electrons. The first-order valence-electron chi connectivity index (χ1n) is 8.26. The Morgan fingerprint density at radius 1 is 1.14 bits per heavy atom. The summed E-state index contributed by atoms with van der Waals surface area (Å²) in [6, 6.07) is 7.10. The molecule has 2 heteroatoms. The number of anilines is 1. The van der Waals surface area contributed by atoms with Gasteiger partial charge in [0.15, 0.2) is 0 Å². The molecule has 2 rings (SSSR count). The van der Waals surface area contributed by atoms with Crippen molar-refractivity contribution in [1.82, 2.24) is 0 Å². The van der Waals surface area contributed by atoms with E-state index in [1.165, 1.54) is 24.8 Å². The lowest BCUT2D eigenvalue weighted by Crippen LogP contribution is -2.33. The summed E-state index contributed by atoms with van der Waals surface area (Å²) in [5.74, 6) is 2.53. The third kappa shape index (κ3) is 3.93. The summed E-state index contributed by atoms with van der Waals surface area (Å²) < 4.78 is 5.55. The maximum Gasteiger partial charge on any atom is 0.141 e. The molecule has 118 valence electrons. The molecular weight excluding hydrogens is 258 g/mol. The van der Waals surface area contributed by atoms with Crippen molar-refractivity contribution in [3.63, 3.8) is 0 Å². The van der Waals surface area contributed by atoms with Crippen LogP contribution in [0.5, 0.6) is 5.75 Å². The highest BCUT2D eigenvalue weighted by Crippen LogP contribution is 2.35. The number of nitrogens with one attached hydrogen (secondary N) is 1. The molecule has 0 heterocycles. The van der Waals surface area contributed by atoms with Crippen molar-refractivity contribution < 1.29 is 4.74 Å². The van der Waals surface area contributed by atoms with Crippen molar-refractivity contribution in [3.05, 3.63) is 23.8 Å². The van der Waals surface area contributed by atoms with Gasteiger partial charge in [0.05, 0.1) is 12.8 Å². The first-order chi connectivity index (χ1) is 9.81. The highest BCUT2D eigenvalue weighted by atomic mass is 16.5. The largest absolute Gasteiger partial charge is 0.495 e. The van der Waals surface area contributed by atoms with Crippen LogP contribution in [0.3, 0.4) is 0 Å². The Morgan fingerprint density at radius 3 is 2.43 bits per heavy atom. The van der Waals surface area contributed by atoms with E-state index in [0.29, 0.717) is 6.04 Å². The molecule has 3 unspecified atom stereocenters. The van der Waals surface area contributed by atoms with Crippen LogP contribution >= 0.6 is 0 Å². The summed E-state index contributed by atoms with van der Waals surface area (Å²) in [5.41, 5.74) is 2.66. The number of hydrogen-bond acceptors (Lipinski definition) is 2. The number of methoxy groups -OCH3 is 1. The third-order valence-electron chi connectivity index (χ3n) is 4.84. The molecule has 1 aliphatic rings. The minimum atomic E-state index is 0.162. The molecular formula is C19H31NO. The lowest BCUT2D eigenvalue weighted by molar-refractivity contribution is 0.276. The number of benzene rings is 1. The van der Waals surface area contributed by atoms with Gasteiger partial charge in [0.25, 0.3) is 0 Å². The molecule has 3 atom stereocenters. The van der Waals surface area contributed by atoms with Crippen LogP contribution in [0.25, 0.3) is 0 Å². The van der Waals surface area contributed by atoms with Gasteiger partial charge in [-0.25, -0.2) is 0 Å². The standard InChI is InChI=1S/C19H31NO/c1-13-7-9-16(14(2)11-13)20-17-12-15(19(3,4)5)8-10-18(17)21-6/h8,10,12-14,16,20H,7,9,11H2,1-6H3. The van der Waals surface area contributed by atoms with Gasteiger partial charge in [0.2, 0.25) is 0 Å². The normalized spacial score (nSPS) is 26.5. The fraction of sp³-hybridized carbons (Fsp3) is 0.684. The van der Waals surface area contributed by atoms with E-state index < -0.39 is 0 Å². The third-order valence-corrected chi connectivity index (χ3v) is 4.84. The van der Waals surface area contributed by atoms with Crippen LogP contribution in [0.15, 0.2) is 18.2 Å². The number of hydrogen-bond donors (Lipinski definition) is 1. The van der Waals surface area contributed by atoms with E-state index in [-0.39, 0.29) is 5.41 Å². The maximum absolute atomic E-state index is 5.55. The molecule has 0 aromatic heterocycles. The van der Waals surface area contributed by atoms with Crippen LogP contribution in [0, 0.1) is 11.8 Å². The molecule has 21 heavy (non-hydrogen) atoms. The Labute approximate surface area is 130 Å². The predicted molar refractivity (Wildman–Crippen MR) is 91.3 cm³/mol. The highest BCUT2D eigenvalue weighted by molar-refractivity contribution is 5.59. The molecule has 0 amide bonds. The molecule has 1 fully saturated rings. The van der Waals surface area contributed by atoms with Gasteiger partial charge in [-0.3, -0.25) is 0 Å². The summed E-state index contributed by atoms with van der Waals surface area (Å²) in [7, 11) is 1.75. The van der Waals surface area contributed by atoms with Crippen LogP contribution in [0.1, 0.15) is 59.4 Å². The Bertz CT molecular complexity index is 475. The lowest BCUT2D eigenvalue weighted by Gasteiger charge is -2.34. The van der Waals surface area contributed by atoms with E-state index in [1.807, 2.05) is 0 Å². The fourth-order valence-electron chi connectivity index (χ4n) is 3.37. The van der Waals surface area contributed by atoms with E-state index in [9.17, 15) is 0 Å². The van der Waals surface area contributed by atoms with E-state index >= 15 is 0 Å². The van der Waals surface area contributed by atoms with Crippen LogP contribution in [0.2, 0.25) is 0 Å². The van der Waals surface area contributed by atoms with Crippen molar-refractivity contribution in [1.29, 1.82) is 0 Å². The quantitative estimate of drug-likeness (QED) is 0.822. The summed E-state index contributed by atoms with van der Waals surface area (Å²) in [6.45, 7) is 11.5. The van der Waals surface area contributed by atoms with Gasteiger partial charge >= 0.3 is 0 Å². The smallest absolute Gasteiger partial charge is 0.141 e. The molecule has 0 saturated heterocycles. The monoisotopic (exact) mass is 289 g/mol. The second kappa shape index (κ2) is 6.29. The molecule has 1 aliphatic carbocycles. The molecule has 0 aliphatic heterocycles. The summed E-state index contributed by atoms with van der Waals surface area (Å²) in [5, 5.41) is 3.76. The Hall–Kier alpha value is -1.18. The molecule has 1 aromatic carbocycles. The van der Waals surface area contributed by atoms with E-state index in [1.54, 1.807) is 7.11 Å². The summed E-state index contributed by atoms with van der Waals surface area (Å²) in [4.78, 5) is 0. The molecule has 1 N–H and O–H groups in total. The van der Waals surface area contributed by atoms with Gasteiger partial charge < -0.3 is 10.1 Å². The number of ether oxygens (including phenoxy) is 1. The lowest BCUT2D eigenvalue weighted by atomic mass is 9.79. The second-order valence-electron chi connectivity index (χ2n) is 7.81. The summed E-state index contributed by atoms with van der Waals surface area (Å²) >= 11 is 0. The Morgan fingerprint density at radius 2 is 1.86 bits per heavy atom. The minimum absolute atomic E-state index is 0.162. The van der Waals surface area contributed by atoms with Crippen molar-refractivity contribution >= 4 is 5.69 Å². The number of rotatable bonds is 3. The first-order valence-corrected chi connectivity index (χ1v) is 8.26. The van der Waals surface area contributed by atoms with Crippen LogP contribution < -0.4 is 10.1 Å². The molecule has 2 nitrogen and oxygen atoms in total. The highest BCUT2D eigenvalue weighted by Gasteiger charge is 2.26. The fourth-order valence-corrected chi connectivity index (χ4v) is 3.37. The zero-order valence-electron chi connectivity index (χ0n) is 14.5. The summed E-state index contributed by atoms with van der Waals surface area (Å²) in [6.07, 6.45) is 3.90. The topological polar surface area (TPSA) is 21.3 Å². The van der Waals surface area contributed by atoms with Crippen LogP contribution in [-0.4, -0.2) is 13.2 Å². The maximum atomic E-state index is 5.55. The van der Waals surface area contributed by atoms with Crippen LogP contribution in [0.4, 0.5) is 5.69 Å². The minimum Gasteiger partial charge on any atom is -0.495 e. The average molecular weight is 289 g/mol. The van der Waals surface area contributed by atoms with Crippen molar-refractivity contribution in [2.75, 3.05) is 12.4 Å². The molecule has 1 aromatic rings. The second-order valence-corrected chi connectivity index (χ2v) is 7.81. The van der Waals surface area contributed by atoms with E-state index in [4.69, 9.17) is 4.74 Å². The molecule has 1 saturated carbocycles. The average Bonchev–Trinajstić information content (AvgIpc) is 2.41. The van der Waals surface area contributed by atoms with Crippen molar-refractivity contribution in [2.24, 2.45) is 11.8 Å². The van der Waals surface area contributed by atoms with E-state index in [2.05, 4.69) is 58.1 Å². The Kier molecular flexibility index (Phi) is 4.85. The Balaban J connectivity index is 2.21. The zero-order chi connectivity index (χ0) is 15.6. The van der Waals surface area contributed by atoms with Gasteiger partial charge in [-0.1, -0.05) is 40.7 Å². The molecule has 0 bridgehead atoms. The van der Waals surface area contributed by atoms with Crippen LogP contribution in [-0.2, 0) is 5.41 Å². The van der Waals surface area contributed by atoms with Gasteiger partial charge in [-0.15, -0.1) is 0 Å². The van der Waals surface area contributed by atoms with Crippen molar-refractivity contribution in [2.45, 2.75) is 65.3 Å². The molecule has 0 spiro atoms.